The predicted molar refractivity (Wildman–Crippen MR) is 106 cm³/mol. The maximum Gasteiger partial charge on any atom is 0.435 e. The summed E-state index contributed by atoms with van der Waals surface area (Å²) in [7, 11) is 0. The lowest BCUT2D eigenvalue weighted by atomic mass is 9.70. The fourth-order valence-corrected chi connectivity index (χ4v) is 4.76. The molecular formula is C22H36N2O3. The van der Waals surface area contributed by atoms with E-state index in [2.05, 4.69) is 5.10 Å². The molecule has 0 unspecified atom stereocenters. The Bertz CT molecular complexity index is 575. The van der Waals surface area contributed by atoms with E-state index in [1.165, 1.54) is 68.9 Å². The maximum atomic E-state index is 12.1. The van der Waals surface area contributed by atoms with Crippen molar-refractivity contribution in [1.82, 2.24) is 9.78 Å². The number of hydrogen-bond acceptors (Lipinski definition) is 4. The molecule has 1 aromatic heterocycles. The van der Waals surface area contributed by atoms with Gasteiger partial charge in [0.15, 0.2) is 0 Å². The summed E-state index contributed by atoms with van der Waals surface area (Å²) in [5.74, 6) is 2.72. The average molecular weight is 377 g/mol. The second kappa shape index (κ2) is 9.11. The molecule has 5 heteroatoms. The molecule has 0 saturated heterocycles. The fourth-order valence-electron chi connectivity index (χ4n) is 4.76. The van der Waals surface area contributed by atoms with Gasteiger partial charge in [0.25, 0.3) is 0 Å². The number of carbonyl (C=O) groups is 1. The quantitative estimate of drug-likeness (QED) is 0.649. The second-order valence-corrected chi connectivity index (χ2v) is 9.35. The molecule has 2 aliphatic carbocycles. The van der Waals surface area contributed by atoms with Gasteiger partial charge >= 0.3 is 6.09 Å². The molecule has 27 heavy (non-hydrogen) atoms. The van der Waals surface area contributed by atoms with Crippen LogP contribution in [0.25, 0.3) is 0 Å². The number of carbonyl (C=O) groups excluding carboxylic acids is 1. The van der Waals surface area contributed by atoms with Gasteiger partial charge in [0.2, 0.25) is 5.88 Å². The van der Waals surface area contributed by atoms with E-state index in [0.29, 0.717) is 11.8 Å². The van der Waals surface area contributed by atoms with E-state index in [4.69, 9.17) is 9.47 Å². The molecule has 0 spiro atoms. The standard InChI is InChI=1S/C22H36N2O3/c1-22(2,3)27-21(25)24-15-14-20(23-24)26-16-19(17-10-6-4-7-11-17)18-12-8-5-9-13-18/h14-15,17-19H,4-13,16H2,1-3H3. The van der Waals surface area contributed by atoms with E-state index in [1.54, 1.807) is 12.3 Å². The molecule has 0 radical (unpaired) electrons. The molecule has 5 nitrogen and oxygen atoms in total. The van der Waals surface area contributed by atoms with Crippen molar-refractivity contribution in [1.29, 1.82) is 0 Å². The normalized spacial score (nSPS) is 20.0. The third kappa shape index (κ3) is 5.98. The van der Waals surface area contributed by atoms with E-state index in [-0.39, 0.29) is 0 Å². The molecule has 0 bridgehead atoms. The monoisotopic (exact) mass is 376 g/mol. The minimum absolute atomic E-state index is 0.464. The first kappa shape index (κ1) is 20.2. The van der Waals surface area contributed by atoms with Crippen LogP contribution in [0.4, 0.5) is 4.79 Å². The molecule has 1 heterocycles. The van der Waals surface area contributed by atoms with Crippen LogP contribution < -0.4 is 4.74 Å². The Labute approximate surface area is 163 Å². The van der Waals surface area contributed by atoms with E-state index in [9.17, 15) is 4.79 Å². The molecular weight excluding hydrogens is 340 g/mol. The summed E-state index contributed by atoms with van der Waals surface area (Å²) >= 11 is 0. The van der Waals surface area contributed by atoms with Gasteiger partial charge in [-0.3, -0.25) is 0 Å². The SMILES string of the molecule is CC(C)(C)OC(=O)n1ccc(OCC(C2CCCCC2)C2CCCCC2)n1. The lowest BCUT2D eigenvalue weighted by Crippen LogP contribution is -2.32. The molecule has 2 saturated carbocycles. The molecule has 0 amide bonds. The molecule has 2 fully saturated rings. The number of hydrogen-bond donors (Lipinski definition) is 0. The van der Waals surface area contributed by atoms with E-state index < -0.39 is 11.7 Å². The smallest absolute Gasteiger partial charge is 0.435 e. The van der Waals surface area contributed by atoms with Crippen molar-refractivity contribution >= 4 is 6.09 Å². The molecule has 0 atom stereocenters. The molecule has 0 aliphatic heterocycles. The van der Waals surface area contributed by atoms with Crippen molar-refractivity contribution in [3.8, 4) is 5.88 Å². The van der Waals surface area contributed by atoms with Gasteiger partial charge < -0.3 is 9.47 Å². The van der Waals surface area contributed by atoms with Crippen LogP contribution in [0, 0.1) is 17.8 Å². The summed E-state index contributed by atoms with van der Waals surface area (Å²) < 4.78 is 12.7. The lowest BCUT2D eigenvalue weighted by Gasteiger charge is -2.37. The van der Waals surface area contributed by atoms with Crippen molar-refractivity contribution in [2.45, 2.75) is 90.6 Å². The Hall–Kier alpha value is -1.52. The Balaban J connectivity index is 1.60. The van der Waals surface area contributed by atoms with Crippen LogP contribution >= 0.6 is 0 Å². The van der Waals surface area contributed by atoms with Crippen molar-refractivity contribution in [2.24, 2.45) is 17.8 Å². The van der Waals surface area contributed by atoms with Crippen LogP contribution in [0.3, 0.4) is 0 Å². The van der Waals surface area contributed by atoms with E-state index in [1.807, 2.05) is 20.8 Å². The van der Waals surface area contributed by atoms with Gasteiger partial charge in [0.1, 0.15) is 5.60 Å². The Morgan fingerprint density at radius 2 is 1.63 bits per heavy atom. The summed E-state index contributed by atoms with van der Waals surface area (Å²) in [6.07, 6.45) is 14.8. The maximum absolute atomic E-state index is 12.1. The highest BCUT2D eigenvalue weighted by Gasteiger charge is 2.32. The van der Waals surface area contributed by atoms with Crippen LogP contribution in [-0.2, 0) is 4.74 Å². The van der Waals surface area contributed by atoms with Crippen LogP contribution in [0.1, 0.15) is 85.0 Å². The highest BCUT2D eigenvalue weighted by Crippen LogP contribution is 2.40. The predicted octanol–water partition coefficient (Wildman–Crippen LogP) is 5.82. The van der Waals surface area contributed by atoms with Crippen molar-refractivity contribution in [3.05, 3.63) is 12.3 Å². The third-order valence-corrected chi connectivity index (χ3v) is 6.08. The Morgan fingerprint density at radius 3 is 2.15 bits per heavy atom. The molecule has 152 valence electrons. The van der Waals surface area contributed by atoms with Crippen LogP contribution in [0.5, 0.6) is 5.88 Å². The first-order valence-electron chi connectivity index (χ1n) is 10.8. The first-order valence-corrected chi connectivity index (χ1v) is 10.8. The van der Waals surface area contributed by atoms with Crippen molar-refractivity contribution in [2.75, 3.05) is 6.61 Å². The highest BCUT2D eigenvalue weighted by atomic mass is 16.6. The van der Waals surface area contributed by atoms with Gasteiger partial charge in [-0.2, -0.15) is 4.68 Å². The minimum atomic E-state index is -0.531. The van der Waals surface area contributed by atoms with Gasteiger partial charge in [-0.25, -0.2) is 4.79 Å². The van der Waals surface area contributed by atoms with Gasteiger partial charge in [-0.05, 0) is 38.5 Å². The number of rotatable bonds is 5. The average Bonchev–Trinajstić information content (AvgIpc) is 3.12. The van der Waals surface area contributed by atoms with Crippen LogP contribution in [0.15, 0.2) is 12.3 Å². The fraction of sp³-hybridized carbons (Fsp3) is 0.818. The highest BCUT2D eigenvalue weighted by molar-refractivity contribution is 5.69. The number of nitrogens with zero attached hydrogens (tertiary/aromatic N) is 2. The lowest BCUT2D eigenvalue weighted by molar-refractivity contribution is 0.0507. The topological polar surface area (TPSA) is 53.4 Å². The van der Waals surface area contributed by atoms with Crippen molar-refractivity contribution < 1.29 is 14.3 Å². The zero-order chi connectivity index (χ0) is 19.3. The zero-order valence-electron chi connectivity index (χ0n) is 17.3. The van der Waals surface area contributed by atoms with Crippen LogP contribution in [0.2, 0.25) is 0 Å². The molecule has 1 aromatic rings. The summed E-state index contributed by atoms with van der Waals surface area (Å²) in [4.78, 5) is 12.1. The zero-order valence-corrected chi connectivity index (χ0v) is 17.3. The Kier molecular flexibility index (Phi) is 6.83. The van der Waals surface area contributed by atoms with Gasteiger partial charge in [-0.15, -0.1) is 5.10 Å². The molecule has 3 rings (SSSR count). The summed E-state index contributed by atoms with van der Waals surface area (Å²) in [5, 5.41) is 4.28. The summed E-state index contributed by atoms with van der Waals surface area (Å²) in [6.45, 7) is 6.28. The largest absolute Gasteiger partial charge is 0.476 e. The number of aromatic nitrogens is 2. The summed E-state index contributed by atoms with van der Waals surface area (Å²) in [6, 6.07) is 1.77. The van der Waals surface area contributed by atoms with Gasteiger partial charge in [-0.1, -0.05) is 64.2 Å². The first-order chi connectivity index (χ1) is 12.9. The molecule has 0 aromatic carbocycles. The molecule has 2 aliphatic rings. The molecule has 0 N–H and O–H groups in total. The second-order valence-electron chi connectivity index (χ2n) is 9.35. The Morgan fingerprint density at radius 1 is 1.07 bits per heavy atom. The van der Waals surface area contributed by atoms with E-state index in [0.717, 1.165) is 18.4 Å². The van der Waals surface area contributed by atoms with Gasteiger partial charge in [0.05, 0.1) is 6.61 Å². The minimum Gasteiger partial charge on any atom is -0.476 e. The summed E-state index contributed by atoms with van der Waals surface area (Å²) in [5.41, 5.74) is -0.531. The van der Waals surface area contributed by atoms with Gasteiger partial charge in [0, 0.05) is 12.3 Å². The van der Waals surface area contributed by atoms with Crippen LogP contribution in [-0.4, -0.2) is 28.1 Å². The third-order valence-electron chi connectivity index (χ3n) is 6.08. The van der Waals surface area contributed by atoms with E-state index >= 15 is 0 Å². The number of ether oxygens (including phenoxy) is 2. The van der Waals surface area contributed by atoms with Crippen molar-refractivity contribution in [3.63, 3.8) is 0 Å².